The van der Waals surface area contributed by atoms with E-state index in [-0.39, 0.29) is 8.80 Å². The summed E-state index contributed by atoms with van der Waals surface area (Å²) < 4.78 is 42.5. The SMILES string of the molecule is CCC[Si]1CCC(c2ccc(-c3ccc(OC(F)F)c(F)c3)cc2)CC1. The van der Waals surface area contributed by atoms with Gasteiger partial charge in [0.25, 0.3) is 0 Å². The van der Waals surface area contributed by atoms with Crippen LogP contribution in [0, 0.1) is 5.82 Å². The first kappa shape index (κ1) is 19.0. The minimum absolute atomic E-state index is 0.113. The Labute approximate surface area is 154 Å². The van der Waals surface area contributed by atoms with Crippen molar-refractivity contribution in [2.45, 2.75) is 56.8 Å². The van der Waals surface area contributed by atoms with Crippen molar-refractivity contribution in [2.24, 2.45) is 0 Å². The Hall–Kier alpha value is -1.75. The van der Waals surface area contributed by atoms with E-state index < -0.39 is 18.2 Å². The molecule has 2 aromatic rings. The Morgan fingerprint density at radius 1 is 1.04 bits per heavy atom. The predicted octanol–water partition coefficient (Wildman–Crippen LogP) is 6.88. The molecular weight excluding hydrogens is 353 g/mol. The average Bonchev–Trinajstić information content (AvgIpc) is 2.64. The Kier molecular flexibility index (Phi) is 6.41. The van der Waals surface area contributed by atoms with E-state index in [9.17, 15) is 13.2 Å². The summed E-state index contributed by atoms with van der Waals surface area (Å²) in [5.41, 5.74) is 2.89. The molecule has 1 aliphatic heterocycles. The van der Waals surface area contributed by atoms with Crippen molar-refractivity contribution in [1.82, 2.24) is 0 Å². The third-order valence-electron chi connectivity index (χ3n) is 5.16. The van der Waals surface area contributed by atoms with E-state index in [2.05, 4.69) is 23.8 Å². The second kappa shape index (κ2) is 8.76. The lowest BCUT2D eigenvalue weighted by molar-refractivity contribution is -0.0521. The lowest BCUT2D eigenvalue weighted by Gasteiger charge is -2.27. The van der Waals surface area contributed by atoms with E-state index >= 15 is 0 Å². The maximum absolute atomic E-state index is 13.9. The summed E-state index contributed by atoms with van der Waals surface area (Å²) in [7, 11) is -0.113. The molecule has 0 unspecified atom stereocenters. The van der Waals surface area contributed by atoms with Gasteiger partial charge in [0.1, 0.15) is 0 Å². The van der Waals surface area contributed by atoms with Crippen LogP contribution in [0.5, 0.6) is 5.75 Å². The van der Waals surface area contributed by atoms with Crippen LogP contribution in [0.1, 0.15) is 37.7 Å². The predicted molar refractivity (Wildman–Crippen MR) is 101 cm³/mol. The standard InChI is InChI=1S/C21H24F3OSi/c1-2-11-26-12-9-17(10-13-26)15-3-5-16(6-4-15)18-7-8-20(19(22)14-18)25-21(23)24/h3-8,14,17,21H,2,9-13H2,1H3. The number of alkyl halides is 2. The molecular formula is C21H24F3OSi. The molecule has 0 atom stereocenters. The normalized spacial score (nSPS) is 16.2. The Bertz CT molecular complexity index is 710. The van der Waals surface area contributed by atoms with Crippen molar-refractivity contribution in [2.75, 3.05) is 0 Å². The van der Waals surface area contributed by atoms with Crippen molar-refractivity contribution in [3.63, 3.8) is 0 Å². The summed E-state index contributed by atoms with van der Waals surface area (Å²) in [5.74, 6) is -0.565. The van der Waals surface area contributed by atoms with Gasteiger partial charge in [0, 0.05) is 8.80 Å². The van der Waals surface area contributed by atoms with E-state index in [4.69, 9.17) is 0 Å². The third-order valence-corrected chi connectivity index (χ3v) is 8.36. The van der Waals surface area contributed by atoms with Crippen molar-refractivity contribution in [3.05, 3.63) is 53.8 Å². The average molecular weight is 378 g/mol. The monoisotopic (exact) mass is 377 g/mol. The summed E-state index contributed by atoms with van der Waals surface area (Å²) in [4.78, 5) is 0. The zero-order chi connectivity index (χ0) is 18.5. The number of benzene rings is 2. The highest BCUT2D eigenvalue weighted by Gasteiger charge is 2.22. The van der Waals surface area contributed by atoms with Crippen LogP contribution in [0.25, 0.3) is 11.1 Å². The van der Waals surface area contributed by atoms with Crippen LogP contribution in [0.2, 0.25) is 18.1 Å². The maximum atomic E-state index is 13.9. The van der Waals surface area contributed by atoms with Gasteiger partial charge in [-0.05, 0) is 47.6 Å². The summed E-state index contributed by atoms with van der Waals surface area (Å²) in [6.07, 6.45) is 3.87. The van der Waals surface area contributed by atoms with Crippen LogP contribution in [-0.4, -0.2) is 15.4 Å². The molecule has 0 aromatic heterocycles. The van der Waals surface area contributed by atoms with Gasteiger partial charge >= 0.3 is 6.61 Å². The Morgan fingerprint density at radius 2 is 1.69 bits per heavy atom. The number of hydrogen-bond acceptors (Lipinski definition) is 1. The van der Waals surface area contributed by atoms with E-state index in [0.29, 0.717) is 11.5 Å². The summed E-state index contributed by atoms with van der Waals surface area (Å²) in [6, 6.07) is 16.6. The molecule has 0 N–H and O–H groups in total. The molecule has 0 spiro atoms. The quantitative estimate of drug-likeness (QED) is 0.499. The fourth-order valence-corrected chi connectivity index (χ4v) is 6.75. The van der Waals surface area contributed by atoms with Gasteiger partial charge in [-0.3, -0.25) is 0 Å². The van der Waals surface area contributed by atoms with Gasteiger partial charge in [0.2, 0.25) is 0 Å². The molecule has 139 valence electrons. The Balaban J connectivity index is 1.67. The van der Waals surface area contributed by atoms with Crippen molar-refractivity contribution < 1.29 is 17.9 Å². The van der Waals surface area contributed by atoms with Crippen LogP contribution < -0.4 is 4.74 Å². The molecule has 2 aromatic carbocycles. The largest absolute Gasteiger partial charge is 0.432 e. The molecule has 1 heterocycles. The lowest BCUT2D eigenvalue weighted by atomic mass is 9.92. The fourth-order valence-electron chi connectivity index (χ4n) is 3.78. The molecule has 1 nitrogen and oxygen atoms in total. The third kappa shape index (κ3) is 4.70. The number of ether oxygens (including phenoxy) is 1. The minimum Gasteiger partial charge on any atom is -0.432 e. The second-order valence-electron chi connectivity index (χ2n) is 6.92. The molecule has 0 amide bonds. The van der Waals surface area contributed by atoms with Crippen LogP contribution >= 0.6 is 0 Å². The van der Waals surface area contributed by atoms with E-state index in [1.54, 1.807) is 6.07 Å². The first-order valence-corrected chi connectivity index (χ1v) is 11.4. The highest BCUT2D eigenvalue weighted by Crippen LogP contribution is 2.36. The summed E-state index contributed by atoms with van der Waals surface area (Å²) in [6.45, 7) is -0.749. The topological polar surface area (TPSA) is 9.23 Å². The molecule has 1 aliphatic rings. The van der Waals surface area contributed by atoms with Gasteiger partial charge in [0.15, 0.2) is 11.6 Å². The number of halogens is 3. The van der Waals surface area contributed by atoms with Gasteiger partial charge in [-0.2, -0.15) is 8.78 Å². The first-order chi connectivity index (χ1) is 12.6. The zero-order valence-corrected chi connectivity index (χ0v) is 16.0. The molecule has 1 saturated heterocycles. The number of hydrogen-bond donors (Lipinski definition) is 0. The summed E-state index contributed by atoms with van der Waals surface area (Å²) in [5, 5.41) is 0. The smallest absolute Gasteiger partial charge is 0.387 e. The van der Waals surface area contributed by atoms with Gasteiger partial charge in [-0.15, -0.1) is 0 Å². The molecule has 0 bridgehead atoms. The second-order valence-corrected chi connectivity index (χ2v) is 9.92. The fraction of sp³-hybridized carbons (Fsp3) is 0.429. The molecule has 1 fully saturated rings. The highest BCUT2D eigenvalue weighted by atomic mass is 28.3. The minimum atomic E-state index is -3.02. The van der Waals surface area contributed by atoms with Gasteiger partial charge in [-0.25, -0.2) is 4.39 Å². The zero-order valence-electron chi connectivity index (χ0n) is 15.0. The van der Waals surface area contributed by atoms with Gasteiger partial charge in [-0.1, -0.05) is 61.8 Å². The molecule has 0 saturated carbocycles. The van der Waals surface area contributed by atoms with E-state index in [1.807, 2.05) is 12.1 Å². The lowest BCUT2D eigenvalue weighted by Crippen LogP contribution is -2.19. The Morgan fingerprint density at radius 3 is 2.27 bits per heavy atom. The first-order valence-electron chi connectivity index (χ1n) is 9.25. The van der Waals surface area contributed by atoms with E-state index in [1.165, 1.54) is 55.1 Å². The van der Waals surface area contributed by atoms with Crippen LogP contribution in [0.3, 0.4) is 0 Å². The van der Waals surface area contributed by atoms with Crippen molar-refractivity contribution in [3.8, 4) is 16.9 Å². The van der Waals surface area contributed by atoms with Gasteiger partial charge in [0.05, 0.1) is 0 Å². The molecule has 3 rings (SSSR count). The van der Waals surface area contributed by atoms with Gasteiger partial charge < -0.3 is 4.74 Å². The van der Waals surface area contributed by atoms with Crippen LogP contribution in [-0.2, 0) is 0 Å². The molecule has 26 heavy (non-hydrogen) atoms. The molecule has 1 radical (unpaired) electrons. The highest BCUT2D eigenvalue weighted by molar-refractivity contribution is 6.59. The maximum Gasteiger partial charge on any atom is 0.387 e. The van der Waals surface area contributed by atoms with Crippen LogP contribution in [0.15, 0.2) is 42.5 Å². The van der Waals surface area contributed by atoms with Crippen molar-refractivity contribution in [1.29, 1.82) is 0 Å². The molecule has 5 heteroatoms. The molecule has 0 aliphatic carbocycles. The van der Waals surface area contributed by atoms with Crippen LogP contribution in [0.4, 0.5) is 13.2 Å². The van der Waals surface area contributed by atoms with E-state index in [0.717, 1.165) is 5.56 Å². The number of rotatable bonds is 6. The summed E-state index contributed by atoms with van der Waals surface area (Å²) >= 11 is 0. The van der Waals surface area contributed by atoms with Crippen molar-refractivity contribution >= 4 is 8.80 Å².